The number of rotatable bonds is 6. The van der Waals surface area contributed by atoms with E-state index in [2.05, 4.69) is 0 Å². The van der Waals surface area contributed by atoms with E-state index in [-0.39, 0.29) is 23.1 Å². The average Bonchev–Trinajstić information content (AvgIpc) is 2.55. The summed E-state index contributed by atoms with van der Waals surface area (Å²) in [5.74, 6) is 1.85. The SMILES string of the molecule is CCSc1ccc(C(C)=O)c(O)c1.CCSc1ccc(C(C)=O)c(O)c1. The molecule has 0 bridgehead atoms. The number of ketones is 2. The molecule has 0 aliphatic carbocycles. The van der Waals surface area contributed by atoms with Gasteiger partial charge in [0, 0.05) is 9.79 Å². The monoisotopic (exact) mass is 392 g/mol. The number of hydrogen-bond acceptors (Lipinski definition) is 6. The fourth-order valence-electron chi connectivity index (χ4n) is 2.13. The number of aromatic hydroxyl groups is 2. The standard InChI is InChI=1S/2C10H12O2S/c2*1-3-13-8-4-5-9(7(2)11)10(12)6-8/h2*4-6,12H,3H2,1-2H3. The van der Waals surface area contributed by atoms with Gasteiger partial charge in [0.25, 0.3) is 0 Å². The van der Waals surface area contributed by atoms with E-state index in [4.69, 9.17) is 0 Å². The molecule has 0 radical (unpaired) electrons. The number of hydrogen-bond donors (Lipinski definition) is 2. The summed E-state index contributed by atoms with van der Waals surface area (Å²) in [5, 5.41) is 18.9. The molecule has 0 aromatic heterocycles. The van der Waals surface area contributed by atoms with Crippen LogP contribution in [0.1, 0.15) is 48.4 Å². The van der Waals surface area contributed by atoms with Gasteiger partial charge in [0.15, 0.2) is 11.6 Å². The molecule has 0 atom stereocenters. The lowest BCUT2D eigenvalue weighted by atomic mass is 10.1. The summed E-state index contributed by atoms with van der Waals surface area (Å²) < 4.78 is 0. The predicted molar refractivity (Wildman–Crippen MR) is 109 cm³/mol. The first kappa shape index (κ1) is 22.1. The topological polar surface area (TPSA) is 74.6 Å². The quantitative estimate of drug-likeness (QED) is 0.505. The van der Waals surface area contributed by atoms with E-state index in [0.717, 1.165) is 21.3 Å². The Morgan fingerprint density at radius 3 is 1.35 bits per heavy atom. The molecule has 2 aromatic rings. The van der Waals surface area contributed by atoms with E-state index in [1.165, 1.54) is 13.8 Å². The van der Waals surface area contributed by atoms with Gasteiger partial charge in [-0.1, -0.05) is 13.8 Å². The molecule has 2 N–H and O–H groups in total. The lowest BCUT2D eigenvalue weighted by Gasteiger charge is -2.03. The molecule has 26 heavy (non-hydrogen) atoms. The van der Waals surface area contributed by atoms with Crippen LogP contribution in [0.2, 0.25) is 0 Å². The Kier molecular flexibility index (Phi) is 9.30. The summed E-state index contributed by atoms with van der Waals surface area (Å²) in [5.41, 5.74) is 0.779. The Labute approximate surface area is 163 Å². The van der Waals surface area contributed by atoms with Crippen molar-refractivity contribution in [2.75, 3.05) is 11.5 Å². The zero-order chi connectivity index (χ0) is 19.7. The van der Waals surface area contributed by atoms with Crippen LogP contribution in [-0.2, 0) is 0 Å². The molecule has 6 heteroatoms. The summed E-state index contributed by atoms with van der Waals surface area (Å²) in [6.45, 7) is 6.98. The molecule has 0 saturated carbocycles. The molecule has 0 amide bonds. The van der Waals surface area contributed by atoms with Gasteiger partial charge in [-0.2, -0.15) is 0 Å². The van der Waals surface area contributed by atoms with Gasteiger partial charge in [-0.3, -0.25) is 9.59 Å². The summed E-state index contributed by atoms with van der Waals surface area (Å²) in [4.78, 5) is 23.9. The minimum absolute atomic E-state index is 0.0750. The summed E-state index contributed by atoms with van der Waals surface area (Å²) >= 11 is 3.28. The predicted octanol–water partition coefficient (Wildman–Crippen LogP) is 5.41. The first-order valence-corrected chi connectivity index (χ1v) is 10.2. The summed E-state index contributed by atoms with van der Waals surface area (Å²) in [6, 6.07) is 10.3. The zero-order valence-electron chi connectivity index (χ0n) is 15.4. The van der Waals surface area contributed by atoms with Crippen molar-refractivity contribution >= 4 is 35.1 Å². The van der Waals surface area contributed by atoms with Crippen LogP contribution >= 0.6 is 23.5 Å². The lowest BCUT2D eigenvalue weighted by molar-refractivity contribution is 0.100. The third-order valence-corrected chi connectivity index (χ3v) is 5.07. The average molecular weight is 393 g/mol. The lowest BCUT2D eigenvalue weighted by Crippen LogP contribution is -1.92. The number of phenolic OH excluding ortho intramolecular Hbond substituents is 2. The van der Waals surface area contributed by atoms with Gasteiger partial charge >= 0.3 is 0 Å². The maximum atomic E-state index is 11.0. The van der Waals surface area contributed by atoms with Crippen molar-refractivity contribution in [1.29, 1.82) is 0 Å². The molecule has 0 spiro atoms. The highest BCUT2D eigenvalue weighted by molar-refractivity contribution is 7.99. The minimum atomic E-state index is -0.106. The van der Waals surface area contributed by atoms with E-state index in [9.17, 15) is 19.8 Å². The van der Waals surface area contributed by atoms with Gasteiger partial charge in [0.1, 0.15) is 11.5 Å². The highest BCUT2D eigenvalue weighted by atomic mass is 32.2. The highest BCUT2D eigenvalue weighted by Gasteiger charge is 2.07. The number of carbonyl (C=O) groups excluding carboxylic acids is 2. The van der Waals surface area contributed by atoms with E-state index in [1.807, 2.05) is 26.0 Å². The second-order valence-electron chi connectivity index (χ2n) is 5.34. The molecular weight excluding hydrogens is 368 g/mol. The van der Waals surface area contributed by atoms with Gasteiger partial charge in [-0.25, -0.2) is 0 Å². The molecule has 2 aromatic carbocycles. The van der Waals surface area contributed by atoms with Gasteiger partial charge in [-0.15, -0.1) is 23.5 Å². The number of thioether (sulfide) groups is 2. The summed E-state index contributed by atoms with van der Waals surface area (Å²) in [7, 11) is 0. The number of carbonyl (C=O) groups is 2. The maximum Gasteiger partial charge on any atom is 0.163 e. The van der Waals surface area contributed by atoms with Crippen LogP contribution in [0.4, 0.5) is 0 Å². The smallest absolute Gasteiger partial charge is 0.163 e. The van der Waals surface area contributed by atoms with Crippen molar-refractivity contribution in [3.63, 3.8) is 0 Å². The second kappa shape index (κ2) is 10.9. The fraction of sp³-hybridized carbons (Fsp3) is 0.300. The van der Waals surface area contributed by atoms with Crippen molar-refractivity contribution in [2.45, 2.75) is 37.5 Å². The van der Waals surface area contributed by atoms with Crippen LogP contribution in [0.15, 0.2) is 46.2 Å². The van der Waals surface area contributed by atoms with Crippen molar-refractivity contribution in [2.24, 2.45) is 0 Å². The number of Topliss-reactive ketones (excluding diaryl/α,β-unsaturated/α-hetero) is 2. The molecule has 0 heterocycles. The van der Waals surface area contributed by atoms with E-state index in [1.54, 1.807) is 47.8 Å². The van der Waals surface area contributed by atoms with E-state index >= 15 is 0 Å². The molecule has 0 aliphatic rings. The van der Waals surface area contributed by atoms with Crippen LogP contribution < -0.4 is 0 Å². The van der Waals surface area contributed by atoms with Gasteiger partial charge in [0.2, 0.25) is 0 Å². The molecule has 140 valence electrons. The van der Waals surface area contributed by atoms with Crippen molar-refractivity contribution < 1.29 is 19.8 Å². The minimum Gasteiger partial charge on any atom is -0.507 e. The molecule has 2 rings (SSSR count). The molecule has 0 fully saturated rings. The van der Waals surface area contributed by atoms with Gasteiger partial charge < -0.3 is 10.2 Å². The van der Waals surface area contributed by atoms with Crippen molar-refractivity contribution in [3.8, 4) is 11.5 Å². The molecular formula is C20H24O4S2. The van der Waals surface area contributed by atoms with Gasteiger partial charge in [0.05, 0.1) is 11.1 Å². The largest absolute Gasteiger partial charge is 0.507 e. The Morgan fingerprint density at radius 2 is 1.12 bits per heavy atom. The maximum absolute atomic E-state index is 11.0. The zero-order valence-corrected chi connectivity index (χ0v) is 17.0. The Balaban J connectivity index is 0.000000260. The van der Waals surface area contributed by atoms with E-state index < -0.39 is 0 Å². The molecule has 0 aliphatic heterocycles. The van der Waals surface area contributed by atoms with Gasteiger partial charge in [-0.05, 0) is 61.8 Å². The first-order chi connectivity index (χ1) is 12.3. The number of benzene rings is 2. The third kappa shape index (κ3) is 6.77. The van der Waals surface area contributed by atoms with Crippen LogP contribution in [0, 0.1) is 0 Å². The van der Waals surface area contributed by atoms with E-state index in [0.29, 0.717) is 11.1 Å². The Bertz CT molecular complexity index is 707. The normalized spacial score (nSPS) is 10.0. The summed E-state index contributed by atoms with van der Waals surface area (Å²) in [6.07, 6.45) is 0. The Morgan fingerprint density at radius 1 is 0.769 bits per heavy atom. The van der Waals surface area contributed by atoms with Crippen molar-refractivity contribution in [3.05, 3.63) is 47.5 Å². The molecule has 0 unspecified atom stereocenters. The van der Waals surface area contributed by atoms with Crippen LogP contribution in [0.25, 0.3) is 0 Å². The first-order valence-electron chi connectivity index (χ1n) is 8.23. The fourth-order valence-corrected chi connectivity index (χ4v) is 3.52. The van der Waals surface area contributed by atoms with Crippen LogP contribution in [-0.4, -0.2) is 33.3 Å². The number of phenols is 2. The second-order valence-corrected chi connectivity index (χ2v) is 8.01. The van der Waals surface area contributed by atoms with Crippen molar-refractivity contribution in [1.82, 2.24) is 0 Å². The highest BCUT2D eigenvalue weighted by Crippen LogP contribution is 2.26. The van der Waals surface area contributed by atoms with Crippen LogP contribution in [0.3, 0.4) is 0 Å². The van der Waals surface area contributed by atoms with Crippen LogP contribution in [0.5, 0.6) is 11.5 Å². The molecule has 4 nitrogen and oxygen atoms in total. The molecule has 0 saturated heterocycles. The Hall–Kier alpha value is -1.92. The third-order valence-electron chi connectivity index (χ3n) is 3.32.